The fourth-order valence-electron chi connectivity index (χ4n) is 2.29. The van der Waals surface area contributed by atoms with Crippen molar-refractivity contribution in [3.8, 4) is 0 Å². The van der Waals surface area contributed by atoms with Gasteiger partial charge in [-0.25, -0.2) is 0 Å². The summed E-state index contributed by atoms with van der Waals surface area (Å²) in [6.07, 6.45) is 5.93. The number of rotatable bonds is 1. The van der Waals surface area contributed by atoms with Gasteiger partial charge in [0.15, 0.2) is 11.5 Å². The minimum atomic E-state index is -0.0724. The monoisotopic (exact) mass is 195 g/mol. The number of allylic oxidation sites excluding steroid dienone is 2. The summed E-state index contributed by atoms with van der Waals surface area (Å²) in [6, 6.07) is 0. The number of likely N-dealkylation sites (tertiary alicyclic amines) is 1. The molecule has 2 aliphatic rings. The predicted octanol–water partition coefficient (Wildman–Crippen LogP) is 1.99. The van der Waals surface area contributed by atoms with Gasteiger partial charge in [0.25, 0.3) is 0 Å². The Morgan fingerprint density at radius 1 is 1.00 bits per heavy atom. The van der Waals surface area contributed by atoms with Crippen LogP contribution in [0.2, 0.25) is 0 Å². The Hall–Kier alpha value is -0.990. The van der Waals surface area contributed by atoms with Gasteiger partial charge >= 0.3 is 0 Å². The molecule has 3 heteroatoms. The number of piperidine rings is 1. The maximum Gasteiger partial charge on any atom is 0.198 e. The summed E-state index contributed by atoms with van der Waals surface area (Å²) in [5.74, 6) is -0.0324. The van der Waals surface area contributed by atoms with E-state index in [9.17, 15) is 9.90 Å². The van der Waals surface area contributed by atoms with Crippen LogP contribution in [0.3, 0.4) is 0 Å². The summed E-state index contributed by atoms with van der Waals surface area (Å²) < 4.78 is 0. The Balaban J connectivity index is 2.14. The maximum absolute atomic E-state index is 11.3. The Morgan fingerprint density at radius 2 is 1.71 bits per heavy atom. The zero-order valence-corrected chi connectivity index (χ0v) is 8.46. The third kappa shape index (κ3) is 1.76. The number of hydrogen-bond donors (Lipinski definition) is 1. The highest BCUT2D eigenvalue weighted by atomic mass is 16.3. The van der Waals surface area contributed by atoms with Crippen LogP contribution in [0.5, 0.6) is 0 Å². The van der Waals surface area contributed by atoms with E-state index < -0.39 is 0 Å². The van der Waals surface area contributed by atoms with Crippen LogP contribution in [0.1, 0.15) is 38.5 Å². The summed E-state index contributed by atoms with van der Waals surface area (Å²) in [5, 5.41) is 9.68. The summed E-state index contributed by atoms with van der Waals surface area (Å²) in [4.78, 5) is 13.5. The van der Waals surface area contributed by atoms with E-state index in [-0.39, 0.29) is 11.5 Å². The van der Waals surface area contributed by atoms with E-state index in [1.54, 1.807) is 0 Å². The second kappa shape index (κ2) is 4.03. The lowest BCUT2D eigenvalue weighted by molar-refractivity contribution is -0.118. The lowest BCUT2D eigenvalue weighted by atomic mass is 9.99. The van der Waals surface area contributed by atoms with E-state index in [4.69, 9.17) is 0 Å². The van der Waals surface area contributed by atoms with E-state index in [1.165, 1.54) is 19.3 Å². The smallest absolute Gasteiger partial charge is 0.198 e. The van der Waals surface area contributed by atoms with Crippen LogP contribution in [0, 0.1) is 0 Å². The lowest BCUT2D eigenvalue weighted by Gasteiger charge is -2.32. The number of ketones is 1. The van der Waals surface area contributed by atoms with Gasteiger partial charge in [0.1, 0.15) is 0 Å². The topological polar surface area (TPSA) is 40.5 Å². The normalized spacial score (nSPS) is 24.3. The zero-order chi connectivity index (χ0) is 9.97. The van der Waals surface area contributed by atoms with Gasteiger partial charge in [-0.2, -0.15) is 0 Å². The molecule has 1 heterocycles. The molecule has 1 aliphatic heterocycles. The second-order valence-electron chi connectivity index (χ2n) is 4.12. The summed E-state index contributed by atoms with van der Waals surface area (Å²) in [5.41, 5.74) is 0.904. The molecule has 2 rings (SSSR count). The van der Waals surface area contributed by atoms with Crippen molar-refractivity contribution in [1.82, 2.24) is 4.90 Å². The van der Waals surface area contributed by atoms with Gasteiger partial charge in [-0.05, 0) is 32.1 Å². The van der Waals surface area contributed by atoms with Crippen LogP contribution in [0.25, 0.3) is 0 Å². The largest absolute Gasteiger partial charge is 0.503 e. The van der Waals surface area contributed by atoms with E-state index in [0.29, 0.717) is 6.42 Å². The number of carbonyl (C=O) groups excluding carboxylic acids is 1. The van der Waals surface area contributed by atoms with Gasteiger partial charge in [-0.15, -0.1) is 0 Å². The molecule has 14 heavy (non-hydrogen) atoms. The van der Waals surface area contributed by atoms with Crippen LogP contribution in [0.4, 0.5) is 0 Å². The third-order valence-electron chi connectivity index (χ3n) is 3.09. The van der Waals surface area contributed by atoms with Crippen LogP contribution in [-0.4, -0.2) is 28.9 Å². The number of aliphatic hydroxyl groups excluding tert-OH is 1. The second-order valence-corrected chi connectivity index (χ2v) is 4.12. The van der Waals surface area contributed by atoms with Gasteiger partial charge in [0, 0.05) is 19.5 Å². The summed E-state index contributed by atoms with van der Waals surface area (Å²) in [6.45, 7) is 2.01. The SMILES string of the molecule is O=C1CCCC(N2CCCCC2)=C1O. The first-order valence-electron chi connectivity index (χ1n) is 5.49. The van der Waals surface area contributed by atoms with Crippen LogP contribution < -0.4 is 0 Å². The van der Waals surface area contributed by atoms with Crippen LogP contribution in [0.15, 0.2) is 11.5 Å². The number of Topliss-reactive ketones (excluding diaryl/α,β-unsaturated/α-hetero) is 1. The molecule has 78 valence electrons. The Kier molecular flexibility index (Phi) is 2.75. The number of hydrogen-bond acceptors (Lipinski definition) is 3. The molecule has 1 saturated heterocycles. The first kappa shape index (κ1) is 9.56. The molecule has 0 saturated carbocycles. The average Bonchev–Trinajstić information content (AvgIpc) is 2.23. The Labute approximate surface area is 84.4 Å². The molecule has 0 radical (unpaired) electrons. The van der Waals surface area contributed by atoms with Crippen molar-refractivity contribution in [2.75, 3.05) is 13.1 Å². The molecule has 0 aromatic heterocycles. The molecule has 0 aromatic carbocycles. The van der Waals surface area contributed by atoms with Crippen molar-refractivity contribution < 1.29 is 9.90 Å². The summed E-state index contributed by atoms with van der Waals surface area (Å²) >= 11 is 0. The molecular formula is C11H17NO2. The molecule has 0 amide bonds. The van der Waals surface area contributed by atoms with Gasteiger partial charge in [-0.1, -0.05) is 0 Å². The van der Waals surface area contributed by atoms with E-state index in [0.717, 1.165) is 31.6 Å². The van der Waals surface area contributed by atoms with E-state index in [1.807, 2.05) is 0 Å². The molecule has 0 spiro atoms. The zero-order valence-electron chi connectivity index (χ0n) is 8.46. The minimum Gasteiger partial charge on any atom is -0.503 e. The van der Waals surface area contributed by atoms with Crippen molar-refractivity contribution in [3.05, 3.63) is 11.5 Å². The van der Waals surface area contributed by atoms with E-state index in [2.05, 4.69) is 4.90 Å². The van der Waals surface area contributed by atoms with E-state index >= 15 is 0 Å². The van der Waals surface area contributed by atoms with Crippen molar-refractivity contribution >= 4 is 5.78 Å². The average molecular weight is 195 g/mol. The van der Waals surface area contributed by atoms with Gasteiger partial charge in [-0.3, -0.25) is 4.79 Å². The molecular weight excluding hydrogens is 178 g/mol. The molecule has 0 bridgehead atoms. The number of carbonyl (C=O) groups is 1. The molecule has 3 nitrogen and oxygen atoms in total. The highest BCUT2D eigenvalue weighted by Gasteiger charge is 2.24. The third-order valence-corrected chi connectivity index (χ3v) is 3.09. The highest BCUT2D eigenvalue weighted by Crippen LogP contribution is 2.26. The maximum atomic E-state index is 11.3. The van der Waals surface area contributed by atoms with Gasteiger partial charge in [0.05, 0.1) is 5.70 Å². The molecule has 0 unspecified atom stereocenters. The highest BCUT2D eigenvalue weighted by molar-refractivity contribution is 5.94. The molecule has 1 fully saturated rings. The van der Waals surface area contributed by atoms with Crippen molar-refractivity contribution in [2.45, 2.75) is 38.5 Å². The Bertz CT molecular complexity index is 264. The number of aliphatic hydroxyl groups is 1. The van der Waals surface area contributed by atoms with Gasteiger partial charge in [0.2, 0.25) is 0 Å². The van der Waals surface area contributed by atoms with Crippen molar-refractivity contribution in [1.29, 1.82) is 0 Å². The fraction of sp³-hybridized carbons (Fsp3) is 0.727. The van der Waals surface area contributed by atoms with Crippen molar-refractivity contribution in [2.24, 2.45) is 0 Å². The quantitative estimate of drug-likeness (QED) is 0.695. The Morgan fingerprint density at radius 3 is 2.43 bits per heavy atom. The van der Waals surface area contributed by atoms with Crippen LogP contribution in [-0.2, 0) is 4.79 Å². The first-order valence-corrected chi connectivity index (χ1v) is 5.49. The molecule has 1 N–H and O–H groups in total. The predicted molar refractivity (Wildman–Crippen MR) is 53.9 cm³/mol. The van der Waals surface area contributed by atoms with Gasteiger partial charge < -0.3 is 10.0 Å². The van der Waals surface area contributed by atoms with Crippen molar-refractivity contribution in [3.63, 3.8) is 0 Å². The summed E-state index contributed by atoms with van der Waals surface area (Å²) in [7, 11) is 0. The molecule has 0 aromatic rings. The first-order chi connectivity index (χ1) is 6.79. The number of nitrogens with zero attached hydrogens (tertiary/aromatic N) is 1. The molecule has 0 atom stereocenters. The fourth-order valence-corrected chi connectivity index (χ4v) is 2.29. The lowest BCUT2D eigenvalue weighted by Crippen LogP contribution is -2.32. The molecule has 1 aliphatic carbocycles. The standard InChI is InChI=1S/C11H17NO2/c13-10-6-4-5-9(11(10)14)12-7-2-1-3-8-12/h14H,1-8H2. The van der Waals surface area contributed by atoms with Crippen LogP contribution >= 0.6 is 0 Å². The minimum absolute atomic E-state index is 0.0400.